The number of ether oxygens (including phenoxy) is 4. The van der Waals surface area contributed by atoms with E-state index in [2.05, 4.69) is 10.5 Å². The zero-order valence-electron chi connectivity index (χ0n) is 19.8. The van der Waals surface area contributed by atoms with Crippen LogP contribution in [0.2, 0.25) is 10.0 Å². The third kappa shape index (κ3) is 7.37. The number of nitrogens with zero attached hydrogens (tertiary/aromatic N) is 1. The Morgan fingerprint density at radius 3 is 2.39 bits per heavy atom. The molecule has 0 spiro atoms. The van der Waals surface area contributed by atoms with Gasteiger partial charge in [-0.1, -0.05) is 23.2 Å². The number of hydrogen-bond donors (Lipinski definition) is 1. The third-order valence-electron chi connectivity index (χ3n) is 4.75. The van der Waals surface area contributed by atoms with Gasteiger partial charge in [0.15, 0.2) is 17.6 Å². The van der Waals surface area contributed by atoms with Gasteiger partial charge in [-0.25, -0.2) is 10.2 Å². The number of carbonyl (C=O) groups is 2. The average Bonchev–Trinajstić information content (AvgIpc) is 2.87. The monoisotopic (exact) mass is 530 g/mol. The number of rotatable bonds is 10. The number of halogens is 2. The lowest BCUT2D eigenvalue weighted by atomic mass is 10.2. The fourth-order valence-electron chi connectivity index (χ4n) is 2.92. The van der Waals surface area contributed by atoms with E-state index in [-0.39, 0.29) is 5.75 Å². The topological polar surface area (TPSA) is 95.5 Å². The van der Waals surface area contributed by atoms with E-state index in [1.165, 1.54) is 12.3 Å². The molecule has 3 aromatic carbocycles. The normalized spacial score (nSPS) is 11.6. The summed E-state index contributed by atoms with van der Waals surface area (Å²) < 4.78 is 21.8. The van der Waals surface area contributed by atoms with Crippen LogP contribution < -0.4 is 24.4 Å². The van der Waals surface area contributed by atoms with Gasteiger partial charge in [-0.3, -0.25) is 4.79 Å². The molecule has 36 heavy (non-hydrogen) atoms. The van der Waals surface area contributed by atoms with Crippen LogP contribution in [0.3, 0.4) is 0 Å². The minimum absolute atomic E-state index is 0.251. The fraction of sp³-hybridized carbons (Fsp3) is 0.192. The van der Waals surface area contributed by atoms with Gasteiger partial charge in [0.1, 0.15) is 11.5 Å². The molecule has 3 aromatic rings. The molecule has 0 unspecified atom stereocenters. The average molecular weight is 531 g/mol. The van der Waals surface area contributed by atoms with Crippen molar-refractivity contribution in [3.05, 3.63) is 81.8 Å². The van der Waals surface area contributed by atoms with E-state index in [1.807, 2.05) is 6.92 Å². The second-order valence-corrected chi connectivity index (χ2v) is 8.17. The van der Waals surface area contributed by atoms with E-state index in [0.29, 0.717) is 45.0 Å². The summed E-state index contributed by atoms with van der Waals surface area (Å²) in [6.07, 6.45) is 0.567. The third-order valence-corrected chi connectivity index (χ3v) is 5.28. The van der Waals surface area contributed by atoms with E-state index >= 15 is 0 Å². The van der Waals surface area contributed by atoms with Crippen molar-refractivity contribution in [2.75, 3.05) is 13.7 Å². The number of methoxy groups -OCH3 is 1. The summed E-state index contributed by atoms with van der Waals surface area (Å²) in [6, 6.07) is 16.2. The van der Waals surface area contributed by atoms with Crippen LogP contribution in [0.5, 0.6) is 23.0 Å². The Bertz CT molecular complexity index is 1250. The number of carbonyl (C=O) groups excluding carboxylic acids is 2. The first kappa shape index (κ1) is 26.8. The molecule has 0 aliphatic heterocycles. The summed E-state index contributed by atoms with van der Waals surface area (Å²) in [5.74, 6) is 0.541. The second kappa shape index (κ2) is 12.8. The van der Waals surface area contributed by atoms with Gasteiger partial charge in [-0.15, -0.1) is 0 Å². The molecule has 3 rings (SSSR count). The number of amides is 1. The summed E-state index contributed by atoms with van der Waals surface area (Å²) in [5.41, 5.74) is 3.38. The van der Waals surface area contributed by atoms with Crippen LogP contribution in [0.15, 0.2) is 65.8 Å². The molecule has 1 atom stereocenters. The Hall–Kier alpha value is -3.75. The smallest absolute Gasteiger partial charge is 0.343 e. The van der Waals surface area contributed by atoms with Crippen molar-refractivity contribution >= 4 is 41.3 Å². The van der Waals surface area contributed by atoms with Crippen molar-refractivity contribution in [2.24, 2.45) is 5.10 Å². The number of hydrazone groups is 1. The van der Waals surface area contributed by atoms with Gasteiger partial charge in [0.2, 0.25) is 0 Å². The van der Waals surface area contributed by atoms with E-state index in [9.17, 15) is 9.59 Å². The molecular formula is C26H24Cl2N2O6. The highest BCUT2D eigenvalue weighted by Gasteiger charge is 2.16. The zero-order chi connectivity index (χ0) is 26.1. The van der Waals surface area contributed by atoms with Crippen LogP contribution in [-0.2, 0) is 4.79 Å². The van der Waals surface area contributed by atoms with Crippen LogP contribution in [0.4, 0.5) is 0 Å². The predicted molar refractivity (Wildman–Crippen MR) is 138 cm³/mol. The van der Waals surface area contributed by atoms with Gasteiger partial charge < -0.3 is 18.9 Å². The minimum Gasteiger partial charge on any atom is -0.497 e. The summed E-state index contributed by atoms with van der Waals surface area (Å²) in [6.45, 7) is 3.73. The van der Waals surface area contributed by atoms with Crippen molar-refractivity contribution in [3.8, 4) is 23.0 Å². The molecule has 188 valence electrons. The number of hydrogen-bond acceptors (Lipinski definition) is 7. The summed E-state index contributed by atoms with van der Waals surface area (Å²) in [5, 5.41) is 4.72. The first-order valence-electron chi connectivity index (χ1n) is 10.9. The molecule has 0 bridgehead atoms. The van der Waals surface area contributed by atoms with E-state index in [0.717, 1.165) is 0 Å². The summed E-state index contributed by atoms with van der Waals surface area (Å²) in [4.78, 5) is 24.8. The molecule has 1 amide bonds. The van der Waals surface area contributed by atoms with E-state index in [1.54, 1.807) is 68.6 Å². The SMILES string of the molecule is CCOc1cc(/C=N\NC(=O)[C@H](C)Oc2ccc(Cl)cc2Cl)ccc1OC(=O)c1ccc(OC)cc1. The Morgan fingerprint density at radius 2 is 1.72 bits per heavy atom. The van der Waals surface area contributed by atoms with Gasteiger partial charge in [0, 0.05) is 5.02 Å². The van der Waals surface area contributed by atoms with Crippen LogP contribution in [0, 0.1) is 0 Å². The zero-order valence-corrected chi connectivity index (χ0v) is 21.3. The molecule has 0 heterocycles. The van der Waals surface area contributed by atoms with Gasteiger partial charge in [-0.2, -0.15) is 5.10 Å². The maximum Gasteiger partial charge on any atom is 0.343 e. The van der Waals surface area contributed by atoms with Crippen molar-refractivity contribution < 1.29 is 28.5 Å². The number of esters is 1. The molecule has 0 saturated heterocycles. The molecular weight excluding hydrogens is 507 g/mol. The minimum atomic E-state index is -0.862. The first-order chi connectivity index (χ1) is 17.3. The lowest BCUT2D eigenvalue weighted by molar-refractivity contribution is -0.127. The lowest BCUT2D eigenvalue weighted by Crippen LogP contribution is -2.33. The molecule has 8 nitrogen and oxygen atoms in total. The highest BCUT2D eigenvalue weighted by molar-refractivity contribution is 6.35. The Kier molecular flexibility index (Phi) is 9.55. The van der Waals surface area contributed by atoms with Crippen molar-refractivity contribution in [2.45, 2.75) is 20.0 Å². The fourth-order valence-corrected chi connectivity index (χ4v) is 3.37. The molecule has 0 radical (unpaired) electrons. The van der Waals surface area contributed by atoms with Crippen LogP contribution in [0.1, 0.15) is 29.8 Å². The predicted octanol–water partition coefficient (Wildman–Crippen LogP) is 5.54. The Labute approximate surface area is 218 Å². The van der Waals surface area contributed by atoms with Crippen molar-refractivity contribution in [3.63, 3.8) is 0 Å². The molecule has 0 saturated carbocycles. The number of benzene rings is 3. The molecule has 0 fully saturated rings. The quantitative estimate of drug-likeness (QED) is 0.160. The van der Waals surface area contributed by atoms with Gasteiger partial charge >= 0.3 is 5.97 Å². The van der Waals surface area contributed by atoms with Crippen LogP contribution >= 0.6 is 23.2 Å². The Morgan fingerprint density at radius 1 is 1.00 bits per heavy atom. The van der Waals surface area contributed by atoms with E-state index in [4.69, 9.17) is 42.1 Å². The lowest BCUT2D eigenvalue weighted by Gasteiger charge is -2.14. The molecule has 0 aliphatic carbocycles. The van der Waals surface area contributed by atoms with Crippen molar-refractivity contribution in [1.29, 1.82) is 0 Å². The molecule has 0 aromatic heterocycles. The standard InChI is InChI=1S/C26H24Cl2N2O6/c1-4-34-24-13-17(5-11-23(24)36-26(32)18-6-9-20(33-3)10-7-18)15-29-30-25(31)16(2)35-22-12-8-19(27)14-21(22)28/h5-16H,4H2,1-3H3,(H,30,31)/b29-15-/t16-/m0/s1. The molecule has 0 aliphatic rings. The second-order valence-electron chi connectivity index (χ2n) is 7.33. The van der Waals surface area contributed by atoms with Gasteiger partial charge in [0.25, 0.3) is 5.91 Å². The van der Waals surface area contributed by atoms with E-state index < -0.39 is 18.0 Å². The summed E-state index contributed by atoms with van der Waals surface area (Å²) >= 11 is 11.9. The highest BCUT2D eigenvalue weighted by Crippen LogP contribution is 2.30. The highest BCUT2D eigenvalue weighted by atomic mass is 35.5. The van der Waals surface area contributed by atoms with Gasteiger partial charge in [-0.05, 0) is 80.1 Å². The first-order valence-corrected chi connectivity index (χ1v) is 11.6. The molecule has 1 N–H and O–H groups in total. The maximum absolute atomic E-state index is 12.5. The maximum atomic E-state index is 12.5. The number of nitrogens with one attached hydrogen (secondary N) is 1. The van der Waals surface area contributed by atoms with Crippen molar-refractivity contribution in [1.82, 2.24) is 5.43 Å². The van der Waals surface area contributed by atoms with Crippen LogP contribution in [-0.4, -0.2) is 37.9 Å². The molecule has 10 heteroatoms. The largest absolute Gasteiger partial charge is 0.497 e. The van der Waals surface area contributed by atoms with Crippen LogP contribution in [0.25, 0.3) is 0 Å². The Balaban J connectivity index is 1.63. The summed E-state index contributed by atoms with van der Waals surface area (Å²) in [7, 11) is 1.55. The van der Waals surface area contributed by atoms with Gasteiger partial charge in [0.05, 0.1) is 30.5 Å².